The molecule has 2 aromatic heterocycles. The highest BCUT2D eigenvalue weighted by atomic mass is 16.3. The Balaban J connectivity index is 1.71. The molecule has 142 valence electrons. The lowest BCUT2D eigenvalue weighted by Crippen LogP contribution is -2.11. The van der Waals surface area contributed by atoms with E-state index in [1.807, 2.05) is 12.3 Å². The number of hydrogen-bond donors (Lipinski definition) is 0. The zero-order chi connectivity index (χ0) is 20.0. The fourth-order valence-corrected chi connectivity index (χ4v) is 3.85. The standard InChI is InChI=1S/C27H23NO/c1-27(2,3)20-14-15-28-24(17-20)22-11-7-10-21-23-16-19(18-8-5-4-6-9-18)12-13-25(23)29-26(21)22/h4-17H,1-3H3. The van der Waals surface area contributed by atoms with Crippen LogP contribution in [0.5, 0.6) is 0 Å². The second-order valence-electron chi connectivity index (χ2n) is 8.54. The molecule has 0 fully saturated rings. The van der Waals surface area contributed by atoms with Crippen LogP contribution in [-0.4, -0.2) is 4.98 Å². The van der Waals surface area contributed by atoms with Gasteiger partial charge in [0, 0.05) is 22.5 Å². The predicted octanol–water partition coefficient (Wildman–Crippen LogP) is 7.61. The van der Waals surface area contributed by atoms with Crippen molar-refractivity contribution in [3.05, 3.63) is 90.6 Å². The Kier molecular flexibility index (Phi) is 4.02. The lowest BCUT2D eigenvalue weighted by atomic mass is 9.87. The van der Waals surface area contributed by atoms with Gasteiger partial charge in [0.2, 0.25) is 0 Å². The zero-order valence-corrected chi connectivity index (χ0v) is 16.9. The van der Waals surface area contributed by atoms with Crippen molar-refractivity contribution < 1.29 is 4.42 Å². The van der Waals surface area contributed by atoms with Gasteiger partial charge in [-0.05, 0) is 52.4 Å². The van der Waals surface area contributed by atoms with Crippen molar-refractivity contribution in [2.45, 2.75) is 26.2 Å². The minimum atomic E-state index is 0.0735. The number of benzene rings is 3. The fraction of sp³-hybridized carbons (Fsp3) is 0.148. The average molecular weight is 377 g/mol. The van der Waals surface area contributed by atoms with E-state index in [-0.39, 0.29) is 5.41 Å². The van der Waals surface area contributed by atoms with E-state index < -0.39 is 0 Å². The van der Waals surface area contributed by atoms with Crippen molar-refractivity contribution in [1.29, 1.82) is 0 Å². The maximum Gasteiger partial charge on any atom is 0.144 e. The Morgan fingerprint density at radius 2 is 1.55 bits per heavy atom. The van der Waals surface area contributed by atoms with Gasteiger partial charge in [0.05, 0.1) is 5.69 Å². The first-order valence-electron chi connectivity index (χ1n) is 9.98. The summed E-state index contributed by atoms with van der Waals surface area (Å²) >= 11 is 0. The van der Waals surface area contributed by atoms with Crippen LogP contribution in [0.4, 0.5) is 0 Å². The molecule has 0 aliphatic rings. The van der Waals surface area contributed by atoms with E-state index in [4.69, 9.17) is 4.42 Å². The van der Waals surface area contributed by atoms with Crippen LogP contribution in [0.15, 0.2) is 89.5 Å². The van der Waals surface area contributed by atoms with Gasteiger partial charge in [-0.15, -0.1) is 0 Å². The molecule has 0 N–H and O–H groups in total. The van der Waals surface area contributed by atoms with Crippen molar-refractivity contribution in [1.82, 2.24) is 4.98 Å². The summed E-state index contributed by atoms with van der Waals surface area (Å²) in [5, 5.41) is 2.26. The number of fused-ring (bicyclic) bond motifs is 3. The number of para-hydroxylation sites is 1. The first-order valence-corrected chi connectivity index (χ1v) is 9.98. The van der Waals surface area contributed by atoms with Gasteiger partial charge in [-0.1, -0.05) is 69.3 Å². The van der Waals surface area contributed by atoms with Gasteiger partial charge < -0.3 is 4.42 Å². The summed E-state index contributed by atoms with van der Waals surface area (Å²) in [6.07, 6.45) is 1.89. The van der Waals surface area contributed by atoms with E-state index in [9.17, 15) is 0 Å². The van der Waals surface area contributed by atoms with Crippen molar-refractivity contribution >= 4 is 21.9 Å². The second kappa shape index (κ2) is 6.59. The summed E-state index contributed by atoms with van der Waals surface area (Å²) in [7, 11) is 0. The first-order chi connectivity index (χ1) is 14.0. The van der Waals surface area contributed by atoms with Gasteiger partial charge in [0.15, 0.2) is 0 Å². The molecule has 0 atom stereocenters. The van der Waals surface area contributed by atoms with E-state index in [0.717, 1.165) is 33.2 Å². The van der Waals surface area contributed by atoms with Crippen molar-refractivity contribution in [3.8, 4) is 22.4 Å². The molecular formula is C27H23NO. The molecule has 0 aliphatic carbocycles. The molecule has 0 amide bonds. The summed E-state index contributed by atoms with van der Waals surface area (Å²) in [4.78, 5) is 4.65. The van der Waals surface area contributed by atoms with Crippen LogP contribution in [0.2, 0.25) is 0 Å². The Morgan fingerprint density at radius 3 is 2.34 bits per heavy atom. The van der Waals surface area contributed by atoms with Crippen LogP contribution in [-0.2, 0) is 5.41 Å². The summed E-state index contributed by atoms with van der Waals surface area (Å²) in [6.45, 7) is 6.66. The molecule has 2 heterocycles. The molecule has 5 rings (SSSR count). The molecule has 3 aromatic carbocycles. The maximum atomic E-state index is 6.31. The van der Waals surface area contributed by atoms with Gasteiger partial charge in [-0.25, -0.2) is 0 Å². The highest BCUT2D eigenvalue weighted by Crippen LogP contribution is 2.37. The SMILES string of the molecule is CC(C)(C)c1ccnc(-c2cccc3c2oc2ccc(-c4ccccc4)cc23)c1. The molecule has 2 heteroatoms. The number of pyridine rings is 1. The van der Waals surface area contributed by atoms with Gasteiger partial charge in [0.1, 0.15) is 11.2 Å². The number of rotatable bonds is 2. The molecule has 29 heavy (non-hydrogen) atoms. The molecule has 0 unspecified atom stereocenters. The number of hydrogen-bond acceptors (Lipinski definition) is 2. The largest absolute Gasteiger partial charge is 0.455 e. The quantitative estimate of drug-likeness (QED) is 0.316. The molecule has 0 aliphatic heterocycles. The molecule has 0 bridgehead atoms. The smallest absolute Gasteiger partial charge is 0.144 e. The lowest BCUT2D eigenvalue weighted by molar-refractivity contribution is 0.589. The van der Waals surface area contributed by atoms with Gasteiger partial charge >= 0.3 is 0 Å². The van der Waals surface area contributed by atoms with Crippen LogP contribution in [0.25, 0.3) is 44.3 Å². The number of nitrogens with zero attached hydrogens (tertiary/aromatic N) is 1. The topological polar surface area (TPSA) is 26.0 Å². The Bertz CT molecular complexity index is 1320. The third kappa shape index (κ3) is 3.11. The Morgan fingerprint density at radius 1 is 0.724 bits per heavy atom. The van der Waals surface area contributed by atoms with Crippen LogP contribution < -0.4 is 0 Å². The second-order valence-corrected chi connectivity index (χ2v) is 8.54. The van der Waals surface area contributed by atoms with Crippen LogP contribution in [0, 0.1) is 0 Å². The average Bonchev–Trinajstić information content (AvgIpc) is 3.12. The Labute approximate surface area is 170 Å². The van der Waals surface area contributed by atoms with Gasteiger partial charge in [-0.3, -0.25) is 4.98 Å². The third-order valence-corrected chi connectivity index (χ3v) is 5.51. The fourth-order valence-electron chi connectivity index (χ4n) is 3.85. The molecule has 0 radical (unpaired) electrons. The normalized spacial score (nSPS) is 12.0. The highest BCUT2D eigenvalue weighted by molar-refractivity contribution is 6.10. The summed E-state index contributed by atoms with van der Waals surface area (Å²) < 4.78 is 6.31. The number of aromatic nitrogens is 1. The van der Waals surface area contributed by atoms with Crippen LogP contribution >= 0.6 is 0 Å². The van der Waals surface area contributed by atoms with Crippen LogP contribution in [0.1, 0.15) is 26.3 Å². The molecule has 0 saturated heterocycles. The van der Waals surface area contributed by atoms with Crippen molar-refractivity contribution in [2.75, 3.05) is 0 Å². The zero-order valence-electron chi connectivity index (χ0n) is 16.9. The van der Waals surface area contributed by atoms with E-state index >= 15 is 0 Å². The van der Waals surface area contributed by atoms with Crippen LogP contribution in [0.3, 0.4) is 0 Å². The minimum Gasteiger partial charge on any atom is -0.455 e. The highest BCUT2D eigenvalue weighted by Gasteiger charge is 2.17. The number of furan rings is 1. The maximum absolute atomic E-state index is 6.31. The lowest BCUT2D eigenvalue weighted by Gasteiger charge is -2.19. The van der Waals surface area contributed by atoms with Crippen molar-refractivity contribution in [2.24, 2.45) is 0 Å². The molecule has 2 nitrogen and oxygen atoms in total. The summed E-state index contributed by atoms with van der Waals surface area (Å²) in [6, 6.07) is 27.5. The van der Waals surface area contributed by atoms with Gasteiger partial charge in [-0.2, -0.15) is 0 Å². The Hall–Kier alpha value is -3.39. The summed E-state index contributed by atoms with van der Waals surface area (Å²) in [5.74, 6) is 0. The summed E-state index contributed by atoms with van der Waals surface area (Å²) in [5.41, 5.74) is 7.52. The van der Waals surface area contributed by atoms with E-state index in [0.29, 0.717) is 0 Å². The third-order valence-electron chi connectivity index (χ3n) is 5.51. The monoisotopic (exact) mass is 377 g/mol. The molecule has 0 spiro atoms. The molecular weight excluding hydrogens is 354 g/mol. The first kappa shape index (κ1) is 17.7. The molecule has 5 aromatic rings. The van der Waals surface area contributed by atoms with E-state index in [2.05, 4.69) is 98.6 Å². The van der Waals surface area contributed by atoms with E-state index in [1.165, 1.54) is 16.7 Å². The van der Waals surface area contributed by atoms with E-state index in [1.54, 1.807) is 0 Å². The molecule has 0 saturated carbocycles. The van der Waals surface area contributed by atoms with Gasteiger partial charge in [0.25, 0.3) is 0 Å². The minimum absolute atomic E-state index is 0.0735. The van der Waals surface area contributed by atoms with Crippen molar-refractivity contribution in [3.63, 3.8) is 0 Å². The predicted molar refractivity (Wildman–Crippen MR) is 121 cm³/mol.